The third-order valence-electron chi connectivity index (χ3n) is 2.89. The lowest BCUT2D eigenvalue weighted by Crippen LogP contribution is -2.41. The van der Waals surface area contributed by atoms with Crippen LogP contribution in [0.25, 0.3) is 0 Å². The molecule has 0 aromatic carbocycles. The van der Waals surface area contributed by atoms with Crippen molar-refractivity contribution in [3.63, 3.8) is 0 Å². The van der Waals surface area contributed by atoms with Gasteiger partial charge < -0.3 is 15.4 Å². The quantitative estimate of drug-likeness (QED) is 0.832. The van der Waals surface area contributed by atoms with Crippen LogP contribution in [0.5, 0.6) is 0 Å². The molecule has 0 bridgehead atoms. The number of ether oxygens (including phenoxy) is 1. The molecule has 18 heavy (non-hydrogen) atoms. The van der Waals surface area contributed by atoms with Crippen molar-refractivity contribution in [1.82, 2.24) is 10.2 Å². The number of amides is 1. The molecule has 2 rings (SSSR count). The van der Waals surface area contributed by atoms with Gasteiger partial charge in [-0.25, -0.2) is 0 Å². The summed E-state index contributed by atoms with van der Waals surface area (Å²) in [5.41, 5.74) is 0. The first-order valence-corrected chi connectivity index (χ1v) is 6.97. The SMILES string of the molecule is CNc1ccc(C(=O)NCCN2CCOCC2)s1. The Morgan fingerprint density at radius 2 is 2.22 bits per heavy atom. The second-order valence-corrected chi connectivity index (χ2v) is 5.21. The number of nitrogens with one attached hydrogen (secondary N) is 2. The molecular formula is C12H19N3O2S. The molecule has 0 aliphatic carbocycles. The molecule has 100 valence electrons. The molecule has 2 N–H and O–H groups in total. The first kappa shape index (κ1) is 13.3. The number of nitrogens with zero attached hydrogens (tertiary/aromatic N) is 1. The maximum absolute atomic E-state index is 11.8. The highest BCUT2D eigenvalue weighted by atomic mass is 32.1. The average Bonchev–Trinajstić information content (AvgIpc) is 2.89. The molecule has 2 heterocycles. The van der Waals surface area contributed by atoms with Crippen molar-refractivity contribution in [1.29, 1.82) is 0 Å². The lowest BCUT2D eigenvalue weighted by Gasteiger charge is -2.26. The van der Waals surface area contributed by atoms with Crippen molar-refractivity contribution in [2.45, 2.75) is 0 Å². The first-order valence-electron chi connectivity index (χ1n) is 6.15. The second kappa shape index (κ2) is 6.72. The fourth-order valence-corrected chi connectivity index (χ4v) is 2.61. The molecule has 1 aliphatic heterocycles. The van der Waals surface area contributed by atoms with Crippen LogP contribution < -0.4 is 10.6 Å². The number of thiophene rings is 1. The van der Waals surface area contributed by atoms with E-state index in [0.717, 1.165) is 42.7 Å². The van der Waals surface area contributed by atoms with E-state index in [0.29, 0.717) is 6.54 Å². The zero-order valence-corrected chi connectivity index (χ0v) is 11.4. The summed E-state index contributed by atoms with van der Waals surface area (Å²) in [7, 11) is 1.85. The summed E-state index contributed by atoms with van der Waals surface area (Å²) < 4.78 is 5.28. The lowest BCUT2D eigenvalue weighted by molar-refractivity contribution is 0.0383. The minimum absolute atomic E-state index is 0.00904. The van der Waals surface area contributed by atoms with E-state index >= 15 is 0 Å². The van der Waals surface area contributed by atoms with Crippen LogP contribution in [-0.4, -0.2) is 57.2 Å². The van der Waals surface area contributed by atoms with Gasteiger partial charge in [0.2, 0.25) is 0 Å². The van der Waals surface area contributed by atoms with E-state index < -0.39 is 0 Å². The van der Waals surface area contributed by atoms with Crippen molar-refractivity contribution >= 4 is 22.2 Å². The number of rotatable bonds is 5. The summed E-state index contributed by atoms with van der Waals surface area (Å²) in [5.74, 6) is 0.00904. The van der Waals surface area contributed by atoms with Crippen molar-refractivity contribution in [3.05, 3.63) is 17.0 Å². The van der Waals surface area contributed by atoms with Crippen LogP contribution in [0.15, 0.2) is 12.1 Å². The first-order chi connectivity index (χ1) is 8.79. The van der Waals surface area contributed by atoms with Gasteiger partial charge in [-0.3, -0.25) is 9.69 Å². The van der Waals surface area contributed by atoms with E-state index in [-0.39, 0.29) is 5.91 Å². The van der Waals surface area contributed by atoms with Crippen molar-refractivity contribution in [2.75, 3.05) is 51.8 Å². The molecule has 1 amide bonds. The minimum atomic E-state index is 0.00904. The predicted octanol–water partition coefficient (Wildman–Crippen LogP) is 0.852. The summed E-state index contributed by atoms with van der Waals surface area (Å²) in [5, 5.41) is 6.98. The van der Waals surface area contributed by atoms with Crippen molar-refractivity contribution in [3.8, 4) is 0 Å². The van der Waals surface area contributed by atoms with Crippen LogP contribution in [0.4, 0.5) is 5.00 Å². The molecule has 1 aliphatic rings. The number of hydrogen-bond donors (Lipinski definition) is 2. The highest BCUT2D eigenvalue weighted by molar-refractivity contribution is 7.17. The number of carbonyl (C=O) groups is 1. The maximum Gasteiger partial charge on any atom is 0.261 e. The highest BCUT2D eigenvalue weighted by Gasteiger charge is 2.11. The molecule has 1 aromatic rings. The number of morpholine rings is 1. The summed E-state index contributed by atoms with van der Waals surface area (Å²) in [6, 6.07) is 3.77. The van der Waals surface area contributed by atoms with Gasteiger partial charge in [-0.2, -0.15) is 0 Å². The van der Waals surface area contributed by atoms with E-state index in [1.165, 1.54) is 11.3 Å². The maximum atomic E-state index is 11.8. The Kier molecular flexibility index (Phi) is 4.98. The second-order valence-electron chi connectivity index (χ2n) is 4.12. The number of anilines is 1. The fourth-order valence-electron chi connectivity index (χ4n) is 1.83. The van der Waals surface area contributed by atoms with Gasteiger partial charge >= 0.3 is 0 Å². The highest BCUT2D eigenvalue weighted by Crippen LogP contribution is 2.20. The van der Waals surface area contributed by atoms with Gasteiger partial charge in [0.1, 0.15) is 0 Å². The van der Waals surface area contributed by atoms with Crippen molar-refractivity contribution < 1.29 is 9.53 Å². The predicted molar refractivity (Wildman–Crippen MR) is 73.5 cm³/mol. The van der Waals surface area contributed by atoms with Gasteiger partial charge in [0.25, 0.3) is 5.91 Å². The smallest absolute Gasteiger partial charge is 0.261 e. The fraction of sp³-hybridized carbons (Fsp3) is 0.583. The Labute approximate surface area is 111 Å². The van der Waals surface area contributed by atoms with Gasteiger partial charge in [-0.1, -0.05) is 0 Å². The van der Waals surface area contributed by atoms with Gasteiger partial charge in [-0.15, -0.1) is 11.3 Å². The Morgan fingerprint density at radius 1 is 1.44 bits per heavy atom. The number of hydrogen-bond acceptors (Lipinski definition) is 5. The van der Waals surface area contributed by atoms with Gasteiger partial charge in [0.05, 0.1) is 23.1 Å². The Balaban J connectivity index is 1.70. The van der Waals surface area contributed by atoms with Crippen LogP contribution in [0.3, 0.4) is 0 Å². The summed E-state index contributed by atoms with van der Waals surface area (Å²) in [4.78, 5) is 14.9. The third kappa shape index (κ3) is 3.69. The van der Waals surface area contributed by atoms with E-state index in [9.17, 15) is 4.79 Å². The van der Waals surface area contributed by atoms with Crippen molar-refractivity contribution in [2.24, 2.45) is 0 Å². The summed E-state index contributed by atoms with van der Waals surface area (Å²) >= 11 is 1.47. The monoisotopic (exact) mass is 269 g/mol. The molecule has 1 aromatic heterocycles. The van der Waals surface area contributed by atoms with Gasteiger partial charge in [-0.05, 0) is 12.1 Å². The molecule has 1 saturated heterocycles. The van der Waals surface area contributed by atoms with E-state index in [1.54, 1.807) is 0 Å². The molecule has 1 fully saturated rings. The zero-order valence-electron chi connectivity index (χ0n) is 10.6. The Morgan fingerprint density at radius 3 is 2.89 bits per heavy atom. The topological polar surface area (TPSA) is 53.6 Å². The molecule has 0 spiro atoms. The summed E-state index contributed by atoms with van der Waals surface area (Å²) in [6.07, 6.45) is 0. The molecule has 0 unspecified atom stereocenters. The largest absolute Gasteiger partial charge is 0.380 e. The van der Waals surface area contributed by atoms with E-state index in [2.05, 4.69) is 15.5 Å². The average molecular weight is 269 g/mol. The standard InChI is InChI=1S/C12H19N3O2S/c1-13-11-3-2-10(18-11)12(16)14-4-5-15-6-8-17-9-7-15/h2-3,13H,4-9H2,1H3,(H,14,16). The minimum Gasteiger partial charge on any atom is -0.380 e. The van der Waals surface area contributed by atoms with Gasteiger partial charge in [0, 0.05) is 33.2 Å². The van der Waals surface area contributed by atoms with Gasteiger partial charge in [0.15, 0.2) is 0 Å². The van der Waals surface area contributed by atoms with Crippen LogP contribution in [-0.2, 0) is 4.74 Å². The normalized spacial score (nSPS) is 16.5. The Hall–Kier alpha value is -1.11. The zero-order chi connectivity index (χ0) is 12.8. The van der Waals surface area contributed by atoms with E-state index in [4.69, 9.17) is 4.74 Å². The molecule has 0 atom stereocenters. The molecule has 0 radical (unpaired) electrons. The van der Waals surface area contributed by atoms with Crippen LogP contribution in [0.2, 0.25) is 0 Å². The molecule has 5 nitrogen and oxygen atoms in total. The molecule has 6 heteroatoms. The number of carbonyl (C=O) groups excluding carboxylic acids is 1. The van der Waals surface area contributed by atoms with Crippen LogP contribution >= 0.6 is 11.3 Å². The van der Waals surface area contributed by atoms with E-state index in [1.807, 2.05) is 19.2 Å². The van der Waals surface area contributed by atoms with Crippen LogP contribution in [0.1, 0.15) is 9.67 Å². The third-order valence-corrected chi connectivity index (χ3v) is 3.99. The molecular weight excluding hydrogens is 250 g/mol. The molecule has 0 saturated carbocycles. The lowest BCUT2D eigenvalue weighted by atomic mass is 10.4. The van der Waals surface area contributed by atoms with Crippen LogP contribution in [0, 0.1) is 0 Å². The summed E-state index contributed by atoms with van der Waals surface area (Å²) in [6.45, 7) is 5.08. The Bertz CT molecular complexity index is 388.